The molecule has 0 radical (unpaired) electrons. The third-order valence-electron chi connectivity index (χ3n) is 4.01. The molecule has 24 heavy (non-hydrogen) atoms. The predicted octanol–water partition coefficient (Wildman–Crippen LogP) is 3.78. The van der Waals surface area contributed by atoms with Crippen molar-refractivity contribution in [3.63, 3.8) is 0 Å². The summed E-state index contributed by atoms with van der Waals surface area (Å²) in [4.78, 5) is 11.7. The monoisotopic (exact) mass is 361 g/mol. The Hall–Kier alpha value is -2.11. The summed E-state index contributed by atoms with van der Waals surface area (Å²) in [5.74, 6) is 0. The van der Waals surface area contributed by atoms with Crippen LogP contribution in [-0.2, 0) is 16.4 Å². The van der Waals surface area contributed by atoms with Gasteiger partial charge in [-0.25, -0.2) is 8.42 Å². The first kappa shape index (κ1) is 16.7. The fraction of sp³-hybridized carbons (Fsp3) is 0.167. The lowest BCUT2D eigenvalue weighted by molar-refractivity contribution is 0.108. The summed E-state index contributed by atoms with van der Waals surface area (Å²) in [6, 6.07) is 12.2. The zero-order valence-corrected chi connectivity index (χ0v) is 14.9. The first-order chi connectivity index (χ1) is 11.3. The van der Waals surface area contributed by atoms with E-state index in [0.29, 0.717) is 17.0 Å². The average molecular weight is 362 g/mol. The first-order valence-corrected chi connectivity index (χ1v) is 9.61. The van der Waals surface area contributed by atoms with Gasteiger partial charge in [0, 0.05) is 35.5 Å². The van der Waals surface area contributed by atoms with Crippen LogP contribution in [0.15, 0.2) is 53.6 Å². The zero-order chi connectivity index (χ0) is 17.5. The molecule has 0 atom stereocenters. The lowest BCUT2D eigenvalue weighted by Crippen LogP contribution is -2.01. The van der Waals surface area contributed by atoms with E-state index in [2.05, 4.69) is 0 Å². The molecule has 6 heteroatoms. The van der Waals surface area contributed by atoms with Crippen molar-refractivity contribution in [1.29, 1.82) is 0 Å². The number of aryl methyl sites for hydroxylation is 1. The first-order valence-electron chi connectivity index (χ1n) is 7.34. The Balaban J connectivity index is 2.00. The summed E-state index contributed by atoms with van der Waals surface area (Å²) in [7, 11) is -3.20. The minimum absolute atomic E-state index is 0.301. The van der Waals surface area contributed by atoms with Crippen molar-refractivity contribution in [1.82, 2.24) is 4.57 Å². The number of sulfone groups is 1. The molecular formula is C18H16ClNO3S. The van der Waals surface area contributed by atoms with Crippen LogP contribution in [0.4, 0.5) is 0 Å². The van der Waals surface area contributed by atoms with E-state index in [1.807, 2.05) is 23.8 Å². The van der Waals surface area contributed by atoms with Gasteiger partial charge in [-0.15, -0.1) is 0 Å². The molecule has 2 aromatic carbocycles. The number of halogens is 1. The zero-order valence-electron chi connectivity index (χ0n) is 13.3. The average Bonchev–Trinajstić information content (AvgIpc) is 2.83. The number of rotatable bonds is 4. The maximum Gasteiger partial charge on any atom is 0.252 e. The van der Waals surface area contributed by atoms with E-state index in [1.54, 1.807) is 36.4 Å². The second kappa shape index (κ2) is 6.07. The van der Waals surface area contributed by atoms with Gasteiger partial charge < -0.3 is 4.57 Å². The fourth-order valence-corrected chi connectivity index (χ4v) is 3.52. The van der Waals surface area contributed by atoms with E-state index in [9.17, 15) is 13.2 Å². The van der Waals surface area contributed by atoms with Crippen LogP contribution in [-0.4, -0.2) is 24.5 Å². The molecule has 4 nitrogen and oxygen atoms in total. The molecular weight excluding hydrogens is 346 g/mol. The second-order valence-electron chi connectivity index (χ2n) is 5.86. The number of carbonyl (C=O) groups excluding carboxylic acids is 1. The molecule has 0 aliphatic rings. The fourth-order valence-electron chi connectivity index (χ4n) is 2.77. The topological polar surface area (TPSA) is 56.1 Å². The van der Waals surface area contributed by atoms with Gasteiger partial charge in [0.15, 0.2) is 9.84 Å². The van der Waals surface area contributed by atoms with Gasteiger partial charge in [0.05, 0.1) is 4.90 Å². The SMILES string of the molecule is Cc1cn(Cc2ccc(S(C)(=O)=O)cc2)c2cc(C(=O)Cl)ccc12. The highest BCUT2D eigenvalue weighted by molar-refractivity contribution is 7.90. The Morgan fingerprint density at radius 1 is 1.12 bits per heavy atom. The van der Waals surface area contributed by atoms with Gasteiger partial charge in [-0.1, -0.05) is 18.2 Å². The Bertz CT molecular complexity index is 1030. The summed E-state index contributed by atoms with van der Waals surface area (Å²) in [6.07, 6.45) is 3.20. The maximum atomic E-state index is 11.5. The van der Waals surface area contributed by atoms with Crippen molar-refractivity contribution < 1.29 is 13.2 Å². The van der Waals surface area contributed by atoms with Gasteiger partial charge in [0.1, 0.15) is 0 Å². The van der Waals surface area contributed by atoms with E-state index < -0.39 is 15.1 Å². The maximum absolute atomic E-state index is 11.5. The highest BCUT2D eigenvalue weighted by atomic mass is 35.5. The summed E-state index contributed by atoms with van der Waals surface area (Å²) < 4.78 is 25.1. The van der Waals surface area contributed by atoms with Gasteiger partial charge in [0.2, 0.25) is 0 Å². The van der Waals surface area contributed by atoms with Crippen LogP contribution in [0.2, 0.25) is 0 Å². The third kappa shape index (κ3) is 3.23. The van der Waals surface area contributed by atoms with E-state index in [1.165, 1.54) is 6.26 Å². The van der Waals surface area contributed by atoms with Crippen LogP contribution < -0.4 is 0 Å². The summed E-state index contributed by atoms with van der Waals surface area (Å²) in [5.41, 5.74) is 3.45. The molecule has 1 aromatic heterocycles. The Kier molecular flexibility index (Phi) is 4.24. The number of carbonyl (C=O) groups is 1. The van der Waals surface area contributed by atoms with Crippen LogP contribution in [0, 0.1) is 6.92 Å². The minimum atomic E-state index is -3.20. The highest BCUT2D eigenvalue weighted by Gasteiger charge is 2.11. The molecule has 0 unspecified atom stereocenters. The highest BCUT2D eigenvalue weighted by Crippen LogP contribution is 2.24. The van der Waals surface area contributed by atoms with Crippen LogP contribution in [0.1, 0.15) is 21.5 Å². The van der Waals surface area contributed by atoms with E-state index in [-0.39, 0.29) is 0 Å². The predicted molar refractivity (Wildman–Crippen MR) is 95.5 cm³/mol. The van der Waals surface area contributed by atoms with Crippen molar-refractivity contribution in [2.75, 3.05) is 6.26 Å². The van der Waals surface area contributed by atoms with Crippen molar-refractivity contribution in [3.05, 3.63) is 65.4 Å². The number of hydrogen-bond donors (Lipinski definition) is 0. The van der Waals surface area contributed by atoms with Crippen LogP contribution in [0.3, 0.4) is 0 Å². The van der Waals surface area contributed by atoms with Gasteiger partial charge in [0.25, 0.3) is 5.24 Å². The van der Waals surface area contributed by atoms with Crippen molar-refractivity contribution in [3.8, 4) is 0 Å². The summed E-state index contributed by atoms with van der Waals surface area (Å²) in [6.45, 7) is 2.59. The standard InChI is InChI=1S/C18H16ClNO3S/c1-12-10-20(17-9-14(18(19)21)5-8-16(12)17)11-13-3-6-15(7-4-13)24(2,22)23/h3-10H,11H2,1-2H3. The minimum Gasteiger partial charge on any atom is -0.343 e. The van der Waals surface area contributed by atoms with Crippen molar-refractivity contribution in [2.24, 2.45) is 0 Å². The second-order valence-corrected chi connectivity index (χ2v) is 8.22. The molecule has 3 aromatic rings. The molecule has 0 aliphatic heterocycles. The van der Waals surface area contributed by atoms with E-state index in [4.69, 9.17) is 11.6 Å². The van der Waals surface area contributed by atoms with Crippen LogP contribution >= 0.6 is 11.6 Å². The molecule has 1 heterocycles. The number of benzene rings is 2. The third-order valence-corrected chi connectivity index (χ3v) is 5.36. The molecule has 0 aliphatic carbocycles. The Morgan fingerprint density at radius 3 is 2.38 bits per heavy atom. The van der Waals surface area contributed by atoms with Gasteiger partial charge >= 0.3 is 0 Å². The van der Waals surface area contributed by atoms with Gasteiger partial charge in [-0.05, 0) is 53.9 Å². The molecule has 0 fully saturated rings. The molecule has 0 saturated heterocycles. The normalized spacial score (nSPS) is 11.8. The Morgan fingerprint density at radius 2 is 1.79 bits per heavy atom. The quantitative estimate of drug-likeness (QED) is 0.664. The number of aromatic nitrogens is 1. The molecule has 124 valence electrons. The van der Waals surface area contributed by atoms with E-state index in [0.717, 1.165) is 22.0 Å². The molecule has 0 N–H and O–H groups in total. The molecule has 0 bridgehead atoms. The molecule has 0 amide bonds. The number of fused-ring (bicyclic) bond motifs is 1. The molecule has 0 saturated carbocycles. The lowest BCUT2D eigenvalue weighted by atomic mass is 10.1. The Labute approximate surface area is 145 Å². The molecule has 0 spiro atoms. The van der Waals surface area contributed by atoms with Crippen LogP contribution in [0.5, 0.6) is 0 Å². The summed E-state index contributed by atoms with van der Waals surface area (Å²) >= 11 is 5.58. The van der Waals surface area contributed by atoms with Crippen molar-refractivity contribution in [2.45, 2.75) is 18.4 Å². The van der Waals surface area contributed by atoms with Crippen molar-refractivity contribution >= 4 is 37.6 Å². The number of hydrogen-bond acceptors (Lipinski definition) is 3. The van der Waals surface area contributed by atoms with E-state index >= 15 is 0 Å². The van der Waals surface area contributed by atoms with Gasteiger partial charge in [-0.2, -0.15) is 0 Å². The largest absolute Gasteiger partial charge is 0.343 e. The van der Waals surface area contributed by atoms with Crippen LogP contribution in [0.25, 0.3) is 10.9 Å². The number of nitrogens with zero attached hydrogens (tertiary/aromatic N) is 1. The van der Waals surface area contributed by atoms with Gasteiger partial charge in [-0.3, -0.25) is 4.79 Å². The molecule has 3 rings (SSSR count). The lowest BCUT2D eigenvalue weighted by Gasteiger charge is -2.07. The summed E-state index contributed by atoms with van der Waals surface area (Å²) in [5, 5.41) is 0.573. The smallest absolute Gasteiger partial charge is 0.252 e.